The monoisotopic (exact) mass is 355 g/mol. The number of oxazole rings is 1. The molecule has 0 unspecified atom stereocenters. The van der Waals surface area contributed by atoms with Gasteiger partial charge >= 0.3 is 5.76 Å². The van der Waals surface area contributed by atoms with Gasteiger partial charge in [-0.15, -0.1) is 6.58 Å². The van der Waals surface area contributed by atoms with Gasteiger partial charge in [-0.25, -0.2) is 4.79 Å². The molecule has 6 heteroatoms. The summed E-state index contributed by atoms with van der Waals surface area (Å²) in [6, 6.07) is 3.04. The van der Waals surface area contributed by atoms with E-state index in [0.29, 0.717) is 16.7 Å². The van der Waals surface area contributed by atoms with Gasteiger partial charge in [-0.3, -0.25) is 19.0 Å². The molecule has 0 radical (unpaired) electrons. The number of Topliss-reactive ketones (excluding diaryl/α,β-unsaturated/α-hetero) is 3. The van der Waals surface area contributed by atoms with Crippen LogP contribution < -0.4 is 5.76 Å². The Morgan fingerprint density at radius 3 is 2.46 bits per heavy atom. The number of nitrogens with zero attached hydrogens (tertiary/aromatic N) is 1. The van der Waals surface area contributed by atoms with E-state index < -0.39 is 22.9 Å². The van der Waals surface area contributed by atoms with Crippen LogP contribution >= 0.6 is 0 Å². The number of hydrogen-bond donors (Lipinski definition) is 0. The maximum Gasteiger partial charge on any atom is 0.420 e. The van der Waals surface area contributed by atoms with Crippen LogP contribution in [0.2, 0.25) is 0 Å². The predicted octanol–water partition coefficient (Wildman–Crippen LogP) is 2.85. The molecule has 1 fully saturated rings. The molecular formula is C20H21NO5. The zero-order valence-corrected chi connectivity index (χ0v) is 15.1. The predicted molar refractivity (Wildman–Crippen MR) is 96.3 cm³/mol. The average molecular weight is 355 g/mol. The molecule has 6 nitrogen and oxygen atoms in total. The standard InChI is InChI=1S/C20H21NO5/c1-5-8-21-17-11(2)12(6-7-15(17)26-19(21)25)18(24)16-13(22)9-20(3,4)10-14(16)23/h5-7,16H,1,8-10H2,2-4H3. The molecule has 3 rings (SSSR count). The highest BCUT2D eigenvalue weighted by atomic mass is 16.4. The van der Waals surface area contributed by atoms with E-state index >= 15 is 0 Å². The Morgan fingerprint density at radius 2 is 1.88 bits per heavy atom. The summed E-state index contributed by atoms with van der Waals surface area (Å²) in [6.07, 6.45) is 1.95. The first-order valence-electron chi connectivity index (χ1n) is 8.50. The highest BCUT2D eigenvalue weighted by Crippen LogP contribution is 2.36. The molecule has 26 heavy (non-hydrogen) atoms. The van der Waals surface area contributed by atoms with Gasteiger partial charge < -0.3 is 4.42 Å². The molecule has 1 aliphatic carbocycles. The lowest BCUT2D eigenvalue weighted by Gasteiger charge is -2.31. The summed E-state index contributed by atoms with van der Waals surface area (Å²) in [5.41, 5.74) is 1.21. The Bertz CT molecular complexity index is 985. The number of aromatic nitrogens is 1. The number of carbonyl (C=O) groups is 3. The second kappa shape index (κ2) is 6.20. The second-order valence-electron chi connectivity index (χ2n) is 7.60. The second-order valence-corrected chi connectivity index (χ2v) is 7.60. The van der Waals surface area contributed by atoms with Crippen molar-refractivity contribution < 1.29 is 18.8 Å². The third-order valence-electron chi connectivity index (χ3n) is 4.87. The fraction of sp³-hybridized carbons (Fsp3) is 0.400. The van der Waals surface area contributed by atoms with Crippen LogP contribution in [0.5, 0.6) is 0 Å². The van der Waals surface area contributed by atoms with E-state index in [-0.39, 0.29) is 36.5 Å². The number of carbonyl (C=O) groups excluding carboxylic acids is 3. The van der Waals surface area contributed by atoms with E-state index in [1.165, 1.54) is 16.7 Å². The van der Waals surface area contributed by atoms with E-state index in [4.69, 9.17) is 4.42 Å². The van der Waals surface area contributed by atoms with Gasteiger partial charge in [0.05, 0.1) is 5.52 Å². The lowest BCUT2D eigenvalue weighted by molar-refractivity contribution is -0.137. The molecule has 0 aliphatic heterocycles. The van der Waals surface area contributed by atoms with Gasteiger partial charge in [0.25, 0.3) is 0 Å². The zero-order chi connectivity index (χ0) is 19.2. The van der Waals surface area contributed by atoms with Crippen LogP contribution in [-0.2, 0) is 16.1 Å². The largest absolute Gasteiger partial charge is 0.420 e. The van der Waals surface area contributed by atoms with E-state index in [1.807, 2.05) is 13.8 Å². The highest BCUT2D eigenvalue weighted by molar-refractivity contribution is 6.26. The molecule has 2 aromatic rings. The number of hydrogen-bond acceptors (Lipinski definition) is 5. The van der Waals surface area contributed by atoms with Gasteiger partial charge in [0.2, 0.25) is 0 Å². The van der Waals surface area contributed by atoms with Crippen LogP contribution in [-0.4, -0.2) is 21.9 Å². The summed E-state index contributed by atoms with van der Waals surface area (Å²) in [7, 11) is 0. The van der Waals surface area contributed by atoms with Crippen molar-refractivity contribution in [1.82, 2.24) is 4.57 Å². The first-order chi connectivity index (χ1) is 12.2. The Kier molecular flexibility index (Phi) is 4.30. The molecule has 0 spiro atoms. The minimum atomic E-state index is -1.26. The number of ketones is 3. The molecule has 1 aromatic carbocycles. The highest BCUT2D eigenvalue weighted by Gasteiger charge is 2.44. The summed E-state index contributed by atoms with van der Waals surface area (Å²) >= 11 is 0. The lowest BCUT2D eigenvalue weighted by Crippen LogP contribution is -2.42. The molecule has 1 aliphatic rings. The van der Waals surface area contributed by atoms with Crippen LogP contribution in [0.3, 0.4) is 0 Å². The maximum atomic E-state index is 13.0. The Balaban J connectivity index is 2.09. The minimum Gasteiger partial charge on any atom is -0.408 e. The fourth-order valence-corrected chi connectivity index (χ4v) is 3.73. The Labute approximate surface area is 150 Å². The van der Waals surface area contributed by atoms with Crippen molar-refractivity contribution >= 4 is 28.4 Å². The number of allylic oxidation sites excluding steroid dienone is 1. The fourth-order valence-electron chi connectivity index (χ4n) is 3.73. The topological polar surface area (TPSA) is 86.3 Å². The molecule has 0 saturated heterocycles. The van der Waals surface area contributed by atoms with Gasteiger partial charge in [0, 0.05) is 24.9 Å². The van der Waals surface area contributed by atoms with Gasteiger partial charge in [-0.1, -0.05) is 19.9 Å². The Morgan fingerprint density at radius 1 is 1.27 bits per heavy atom. The number of benzene rings is 1. The average Bonchev–Trinajstić information content (AvgIpc) is 2.82. The van der Waals surface area contributed by atoms with Gasteiger partial charge in [-0.2, -0.15) is 0 Å². The quantitative estimate of drug-likeness (QED) is 0.478. The van der Waals surface area contributed by atoms with E-state index in [0.717, 1.165) is 0 Å². The summed E-state index contributed by atoms with van der Waals surface area (Å²) < 4.78 is 6.57. The third kappa shape index (κ3) is 2.85. The van der Waals surface area contributed by atoms with E-state index in [1.54, 1.807) is 13.0 Å². The summed E-state index contributed by atoms with van der Waals surface area (Å²) in [6.45, 7) is 9.24. The van der Waals surface area contributed by atoms with E-state index in [9.17, 15) is 19.2 Å². The first kappa shape index (κ1) is 18.0. The molecule has 0 atom stereocenters. The van der Waals surface area contributed by atoms with Crippen molar-refractivity contribution in [3.63, 3.8) is 0 Å². The molecule has 1 aromatic heterocycles. The van der Waals surface area contributed by atoms with Crippen LogP contribution in [0.4, 0.5) is 0 Å². The number of rotatable bonds is 4. The normalized spacial score (nSPS) is 17.7. The van der Waals surface area contributed by atoms with Gasteiger partial charge in [0.15, 0.2) is 22.9 Å². The number of fused-ring (bicyclic) bond motifs is 1. The summed E-state index contributed by atoms with van der Waals surface area (Å²) in [5, 5.41) is 0. The smallest absolute Gasteiger partial charge is 0.408 e. The molecule has 0 amide bonds. The van der Waals surface area contributed by atoms with Crippen LogP contribution in [0.15, 0.2) is 34.0 Å². The van der Waals surface area contributed by atoms with Crippen molar-refractivity contribution in [2.45, 2.75) is 40.2 Å². The van der Waals surface area contributed by atoms with Crippen molar-refractivity contribution in [3.05, 3.63) is 46.5 Å². The summed E-state index contributed by atoms with van der Waals surface area (Å²) in [4.78, 5) is 49.9. The zero-order valence-electron chi connectivity index (χ0n) is 15.1. The molecule has 136 valence electrons. The molecule has 1 saturated carbocycles. The van der Waals surface area contributed by atoms with Crippen molar-refractivity contribution in [3.8, 4) is 0 Å². The third-order valence-corrected chi connectivity index (χ3v) is 4.87. The molecule has 0 bridgehead atoms. The lowest BCUT2D eigenvalue weighted by atomic mass is 9.69. The van der Waals surface area contributed by atoms with Crippen molar-refractivity contribution in [1.29, 1.82) is 0 Å². The molecular weight excluding hydrogens is 334 g/mol. The minimum absolute atomic E-state index is 0.198. The van der Waals surface area contributed by atoms with Crippen LogP contribution in [0, 0.1) is 18.3 Å². The first-order valence-corrected chi connectivity index (χ1v) is 8.50. The van der Waals surface area contributed by atoms with Crippen molar-refractivity contribution in [2.24, 2.45) is 11.3 Å². The number of aryl methyl sites for hydroxylation is 1. The van der Waals surface area contributed by atoms with Crippen molar-refractivity contribution in [2.75, 3.05) is 0 Å². The van der Waals surface area contributed by atoms with Gasteiger partial charge in [0.1, 0.15) is 5.92 Å². The van der Waals surface area contributed by atoms with Gasteiger partial charge in [-0.05, 0) is 30.0 Å². The van der Waals surface area contributed by atoms with E-state index in [2.05, 4.69) is 6.58 Å². The maximum absolute atomic E-state index is 13.0. The van der Waals surface area contributed by atoms with Crippen LogP contribution in [0.25, 0.3) is 11.1 Å². The summed E-state index contributed by atoms with van der Waals surface area (Å²) in [5.74, 6) is -2.99. The SMILES string of the molecule is C=CCn1c(=O)oc2ccc(C(=O)C3C(=O)CC(C)(C)CC3=O)c(C)c21. The molecule has 1 heterocycles. The Hall–Kier alpha value is -2.76. The van der Waals surface area contributed by atoms with Crippen LogP contribution in [0.1, 0.15) is 42.6 Å². The molecule has 0 N–H and O–H groups in total.